The largest absolute Gasteiger partial charge is 0.750 e. The predicted molar refractivity (Wildman–Crippen MR) is 53.6 cm³/mol. The Labute approximate surface area is 89.9 Å². The summed E-state index contributed by atoms with van der Waals surface area (Å²) in [5.74, 6) is -0.254. The number of rotatable bonds is 5. The van der Waals surface area contributed by atoms with Crippen LogP contribution in [0.3, 0.4) is 0 Å². The van der Waals surface area contributed by atoms with Gasteiger partial charge in [-0.25, -0.2) is 4.21 Å². The van der Waals surface area contributed by atoms with Crippen molar-refractivity contribution in [1.82, 2.24) is 5.32 Å². The highest BCUT2D eigenvalue weighted by Gasteiger charge is 2.02. The Balaban J connectivity index is 2.28. The van der Waals surface area contributed by atoms with Gasteiger partial charge in [-0.15, -0.1) is 0 Å². The molecule has 15 heavy (non-hydrogen) atoms. The summed E-state index contributed by atoms with van der Waals surface area (Å²) in [7, 11) is 0. The molecule has 0 aliphatic carbocycles. The highest BCUT2D eigenvalue weighted by Crippen LogP contribution is 1.97. The summed E-state index contributed by atoms with van der Waals surface area (Å²) < 4.78 is 24.2. The van der Waals surface area contributed by atoms with Gasteiger partial charge in [0, 0.05) is 12.1 Å². The zero-order valence-electron chi connectivity index (χ0n) is 7.84. The maximum absolute atomic E-state index is 11.4. The Bertz CT molecular complexity index is 341. The van der Waals surface area contributed by atoms with Crippen LogP contribution in [0.15, 0.2) is 30.3 Å². The van der Waals surface area contributed by atoms with Crippen molar-refractivity contribution in [1.29, 1.82) is 0 Å². The van der Waals surface area contributed by atoms with Crippen LogP contribution < -0.4 is 5.32 Å². The molecular weight excluding hydrogens is 218 g/mol. The van der Waals surface area contributed by atoms with E-state index in [0.717, 1.165) is 0 Å². The van der Waals surface area contributed by atoms with E-state index in [0.29, 0.717) is 5.56 Å². The van der Waals surface area contributed by atoms with Crippen LogP contribution in [0.25, 0.3) is 0 Å². The first-order valence-electron chi connectivity index (χ1n) is 4.26. The van der Waals surface area contributed by atoms with Gasteiger partial charge in [-0.2, -0.15) is 0 Å². The van der Waals surface area contributed by atoms with Crippen LogP contribution in [0.1, 0.15) is 10.4 Å². The lowest BCUT2D eigenvalue weighted by Gasteiger charge is -2.07. The smallest absolute Gasteiger partial charge is 0.251 e. The van der Waals surface area contributed by atoms with Crippen LogP contribution >= 0.6 is 0 Å². The lowest BCUT2D eigenvalue weighted by atomic mass is 10.2. The third-order valence-corrected chi connectivity index (χ3v) is 1.96. The van der Waals surface area contributed by atoms with Gasteiger partial charge >= 0.3 is 0 Å². The van der Waals surface area contributed by atoms with E-state index >= 15 is 0 Å². The summed E-state index contributed by atoms with van der Waals surface area (Å²) in [6.45, 7) is 0.0936. The van der Waals surface area contributed by atoms with Gasteiger partial charge in [0.2, 0.25) is 0 Å². The molecule has 0 bridgehead atoms. The van der Waals surface area contributed by atoms with Gasteiger partial charge in [-0.1, -0.05) is 18.2 Å². The molecule has 0 heterocycles. The fraction of sp³-hybridized carbons (Fsp3) is 0.222. The fourth-order valence-corrected chi connectivity index (χ4v) is 1.19. The first-order chi connectivity index (χ1) is 7.20. The standard InChI is InChI=1S/C9H11NO4S/c11-9(8-4-2-1-3-5-8)10-6-7-14-15(12)13/h1-5H,6-7H2,(H,10,11)(H,12,13)/p-1. The number of amides is 1. The van der Waals surface area contributed by atoms with Crippen LogP contribution in [0.5, 0.6) is 0 Å². The summed E-state index contributed by atoms with van der Waals surface area (Å²) in [5, 5.41) is 2.52. The quantitative estimate of drug-likeness (QED) is 0.578. The molecule has 1 aromatic rings. The molecule has 0 spiro atoms. The molecule has 82 valence electrons. The molecule has 1 unspecified atom stereocenters. The van der Waals surface area contributed by atoms with Crippen molar-refractivity contribution in [3.8, 4) is 0 Å². The number of carbonyl (C=O) groups is 1. The molecule has 0 radical (unpaired) electrons. The average molecular weight is 228 g/mol. The van der Waals surface area contributed by atoms with E-state index in [-0.39, 0.29) is 19.1 Å². The first kappa shape index (κ1) is 11.8. The number of carbonyl (C=O) groups excluding carboxylic acids is 1. The maximum atomic E-state index is 11.4. The van der Waals surface area contributed by atoms with Gasteiger partial charge in [0.15, 0.2) is 0 Å². The van der Waals surface area contributed by atoms with Gasteiger partial charge in [0.1, 0.15) is 0 Å². The summed E-state index contributed by atoms with van der Waals surface area (Å²) in [6.07, 6.45) is 0. The lowest BCUT2D eigenvalue weighted by molar-refractivity contribution is 0.0947. The number of hydrogen-bond acceptors (Lipinski definition) is 4. The topological polar surface area (TPSA) is 78.5 Å². The molecule has 1 amide bonds. The van der Waals surface area contributed by atoms with Crippen molar-refractivity contribution in [2.45, 2.75) is 0 Å². The van der Waals surface area contributed by atoms with E-state index in [2.05, 4.69) is 9.50 Å². The van der Waals surface area contributed by atoms with E-state index in [9.17, 15) is 13.6 Å². The van der Waals surface area contributed by atoms with Gasteiger partial charge in [-0.05, 0) is 12.1 Å². The van der Waals surface area contributed by atoms with E-state index in [1.165, 1.54) is 0 Å². The summed E-state index contributed by atoms with van der Waals surface area (Å²) in [4.78, 5) is 11.4. The Morgan fingerprint density at radius 3 is 2.67 bits per heavy atom. The molecule has 1 aromatic carbocycles. The molecule has 6 heteroatoms. The van der Waals surface area contributed by atoms with Crippen molar-refractivity contribution < 1.29 is 17.7 Å². The van der Waals surface area contributed by atoms with Crippen LogP contribution in [0, 0.1) is 0 Å². The Morgan fingerprint density at radius 2 is 2.07 bits per heavy atom. The van der Waals surface area contributed by atoms with E-state index in [4.69, 9.17) is 0 Å². The third kappa shape index (κ3) is 4.68. The SMILES string of the molecule is O=C(NCCOS(=O)[O-])c1ccccc1. The Morgan fingerprint density at radius 1 is 1.40 bits per heavy atom. The molecule has 0 aliphatic rings. The van der Waals surface area contributed by atoms with Gasteiger partial charge in [0.05, 0.1) is 18.0 Å². The maximum Gasteiger partial charge on any atom is 0.251 e. The molecule has 5 nitrogen and oxygen atoms in total. The predicted octanol–water partition coefficient (Wildman–Crippen LogP) is 0.227. The average Bonchev–Trinajstić information content (AvgIpc) is 2.25. The molecule has 0 aromatic heterocycles. The minimum absolute atomic E-state index is 0.0608. The monoisotopic (exact) mass is 228 g/mol. The summed E-state index contributed by atoms with van der Waals surface area (Å²) in [6, 6.07) is 8.64. The second-order valence-electron chi connectivity index (χ2n) is 2.65. The number of nitrogens with one attached hydrogen (secondary N) is 1. The van der Waals surface area contributed by atoms with Crippen molar-refractivity contribution >= 4 is 17.3 Å². The minimum Gasteiger partial charge on any atom is -0.750 e. The van der Waals surface area contributed by atoms with Crippen LogP contribution in [0.4, 0.5) is 0 Å². The normalized spacial score (nSPS) is 12.1. The zero-order chi connectivity index (χ0) is 11.1. The van der Waals surface area contributed by atoms with E-state index in [1.54, 1.807) is 30.3 Å². The van der Waals surface area contributed by atoms with Gasteiger partial charge < -0.3 is 9.87 Å². The third-order valence-electron chi connectivity index (χ3n) is 1.60. The van der Waals surface area contributed by atoms with Crippen molar-refractivity contribution in [2.75, 3.05) is 13.2 Å². The molecule has 1 N–H and O–H groups in total. The molecule has 0 saturated carbocycles. The van der Waals surface area contributed by atoms with Crippen LogP contribution in [0.2, 0.25) is 0 Å². The van der Waals surface area contributed by atoms with Crippen LogP contribution in [-0.4, -0.2) is 27.8 Å². The molecule has 0 saturated heterocycles. The lowest BCUT2D eigenvalue weighted by Crippen LogP contribution is -2.27. The summed E-state index contributed by atoms with van der Waals surface area (Å²) in [5.41, 5.74) is 0.528. The van der Waals surface area contributed by atoms with E-state index < -0.39 is 11.4 Å². The van der Waals surface area contributed by atoms with Crippen LogP contribution in [-0.2, 0) is 15.5 Å². The minimum atomic E-state index is -2.53. The molecule has 0 aliphatic heterocycles. The van der Waals surface area contributed by atoms with Gasteiger partial charge in [0.25, 0.3) is 5.91 Å². The molecule has 0 fully saturated rings. The summed E-state index contributed by atoms with van der Waals surface area (Å²) >= 11 is -2.53. The molecule has 1 rings (SSSR count). The Kier molecular flexibility index (Phi) is 4.96. The number of hydrogen-bond donors (Lipinski definition) is 1. The van der Waals surface area contributed by atoms with E-state index in [1.807, 2.05) is 0 Å². The fourth-order valence-electron chi connectivity index (χ4n) is 0.966. The van der Waals surface area contributed by atoms with Gasteiger partial charge in [-0.3, -0.25) is 8.98 Å². The zero-order valence-corrected chi connectivity index (χ0v) is 8.66. The number of benzene rings is 1. The van der Waals surface area contributed by atoms with Crippen molar-refractivity contribution in [2.24, 2.45) is 0 Å². The second-order valence-corrected chi connectivity index (χ2v) is 3.29. The van der Waals surface area contributed by atoms with Crippen molar-refractivity contribution in [3.05, 3.63) is 35.9 Å². The highest BCUT2D eigenvalue weighted by molar-refractivity contribution is 7.74. The highest BCUT2D eigenvalue weighted by atomic mass is 32.2. The first-order valence-corrected chi connectivity index (χ1v) is 5.26. The second kappa shape index (κ2) is 6.28. The molecular formula is C9H10NO4S-. The Hall–Kier alpha value is -1.24. The van der Waals surface area contributed by atoms with Crippen molar-refractivity contribution in [3.63, 3.8) is 0 Å². The molecule has 1 atom stereocenters.